The maximum Gasteiger partial charge on any atom is 0.308 e. The van der Waals surface area contributed by atoms with Crippen molar-refractivity contribution >= 4 is 23.9 Å². The minimum atomic E-state index is -0.473. The largest absolute Gasteiger partial charge is 0.427 e. The van der Waals surface area contributed by atoms with E-state index in [-0.39, 0.29) is 5.91 Å². The Bertz CT molecular complexity index is 563. The lowest BCUT2D eigenvalue weighted by molar-refractivity contribution is -0.133. The van der Waals surface area contributed by atoms with E-state index in [0.717, 1.165) is 0 Å². The van der Waals surface area contributed by atoms with E-state index in [1.807, 2.05) is 0 Å². The van der Waals surface area contributed by atoms with Crippen molar-refractivity contribution in [1.29, 1.82) is 0 Å². The Hall–Kier alpha value is -2.63. The van der Waals surface area contributed by atoms with E-state index in [4.69, 9.17) is 9.47 Å². The molecule has 0 fully saturated rings. The van der Waals surface area contributed by atoms with Crippen LogP contribution in [-0.2, 0) is 14.4 Å². The molecule has 0 aliphatic heterocycles. The van der Waals surface area contributed by atoms with Gasteiger partial charge in [0.25, 0.3) is 0 Å². The van der Waals surface area contributed by atoms with Gasteiger partial charge in [-0.2, -0.15) is 0 Å². The van der Waals surface area contributed by atoms with Gasteiger partial charge in [-0.1, -0.05) is 0 Å². The van der Waals surface area contributed by atoms with Crippen LogP contribution in [0.4, 0.5) is 0 Å². The summed E-state index contributed by atoms with van der Waals surface area (Å²) in [5.74, 6) is -0.543. The molecule has 0 radical (unpaired) electrons. The van der Waals surface area contributed by atoms with Gasteiger partial charge in [0.1, 0.15) is 11.5 Å². The summed E-state index contributed by atoms with van der Waals surface area (Å²) in [5.41, 5.74) is 0.493. The Kier molecular flexibility index (Phi) is 5.46. The molecule has 0 aromatic heterocycles. The van der Waals surface area contributed by atoms with Gasteiger partial charge in [-0.15, -0.1) is 0 Å². The van der Waals surface area contributed by atoms with Crippen molar-refractivity contribution in [3.05, 3.63) is 30.0 Å². The van der Waals surface area contributed by atoms with Gasteiger partial charge in [0.2, 0.25) is 5.91 Å². The molecule has 20 heavy (non-hydrogen) atoms. The van der Waals surface area contributed by atoms with Gasteiger partial charge in [-0.3, -0.25) is 14.4 Å². The molecule has 1 N–H and O–H groups in total. The van der Waals surface area contributed by atoms with Crippen LogP contribution in [0.3, 0.4) is 0 Å². The van der Waals surface area contributed by atoms with Crippen molar-refractivity contribution in [2.24, 2.45) is 0 Å². The number of rotatable bonds is 4. The zero-order valence-corrected chi connectivity index (χ0v) is 11.4. The van der Waals surface area contributed by atoms with Crippen LogP contribution in [0.15, 0.2) is 24.4 Å². The van der Waals surface area contributed by atoms with E-state index in [0.29, 0.717) is 17.1 Å². The fraction of sp³-hybridized carbons (Fsp3) is 0.214. The number of carbonyl (C=O) groups is 3. The Balaban J connectivity index is 3.04. The fourth-order valence-electron chi connectivity index (χ4n) is 1.38. The lowest BCUT2D eigenvalue weighted by Crippen LogP contribution is -2.11. The van der Waals surface area contributed by atoms with Crippen molar-refractivity contribution in [3.63, 3.8) is 0 Å². The van der Waals surface area contributed by atoms with E-state index in [1.54, 1.807) is 0 Å². The molecule has 0 atom stereocenters. The van der Waals surface area contributed by atoms with Crippen molar-refractivity contribution in [2.75, 3.05) is 0 Å². The van der Waals surface area contributed by atoms with E-state index in [2.05, 4.69) is 5.32 Å². The molecule has 0 unspecified atom stereocenters. The van der Waals surface area contributed by atoms with Crippen LogP contribution >= 0.6 is 0 Å². The van der Waals surface area contributed by atoms with E-state index in [1.165, 1.54) is 51.2 Å². The SMILES string of the molecule is CC(=O)NC=Cc1cc(OC(C)=O)ccc1OC(C)=O. The molecule has 0 spiro atoms. The Labute approximate surface area is 116 Å². The third-order valence-electron chi connectivity index (χ3n) is 2.05. The predicted molar refractivity (Wildman–Crippen MR) is 71.9 cm³/mol. The van der Waals surface area contributed by atoms with Gasteiger partial charge < -0.3 is 14.8 Å². The molecule has 1 aromatic rings. The average Bonchev–Trinajstić information content (AvgIpc) is 2.30. The van der Waals surface area contributed by atoms with E-state index < -0.39 is 11.9 Å². The molecule has 0 heterocycles. The van der Waals surface area contributed by atoms with E-state index >= 15 is 0 Å². The van der Waals surface area contributed by atoms with Gasteiger partial charge in [0.15, 0.2) is 0 Å². The Morgan fingerprint density at radius 2 is 1.70 bits per heavy atom. The van der Waals surface area contributed by atoms with Crippen molar-refractivity contribution in [1.82, 2.24) is 5.32 Å². The summed E-state index contributed by atoms with van der Waals surface area (Å²) in [7, 11) is 0. The number of nitrogens with one attached hydrogen (secondary N) is 1. The highest BCUT2D eigenvalue weighted by Crippen LogP contribution is 2.25. The van der Waals surface area contributed by atoms with Crippen molar-refractivity contribution < 1.29 is 23.9 Å². The van der Waals surface area contributed by atoms with Gasteiger partial charge in [-0.25, -0.2) is 0 Å². The summed E-state index contributed by atoms with van der Waals surface area (Å²) >= 11 is 0. The lowest BCUT2D eigenvalue weighted by atomic mass is 10.2. The maximum atomic E-state index is 11.0. The first kappa shape index (κ1) is 15.4. The second-order valence-corrected chi connectivity index (χ2v) is 3.92. The number of ether oxygens (including phenoxy) is 2. The summed E-state index contributed by atoms with van der Waals surface area (Å²) in [6.07, 6.45) is 2.94. The third-order valence-corrected chi connectivity index (χ3v) is 2.05. The van der Waals surface area contributed by atoms with Crippen molar-refractivity contribution in [3.8, 4) is 11.5 Å². The summed E-state index contributed by atoms with van der Waals surface area (Å²) in [4.78, 5) is 32.7. The summed E-state index contributed by atoms with van der Waals surface area (Å²) < 4.78 is 9.96. The first-order valence-corrected chi connectivity index (χ1v) is 5.83. The smallest absolute Gasteiger partial charge is 0.308 e. The lowest BCUT2D eigenvalue weighted by Gasteiger charge is -2.08. The molecule has 0 saturated carbocycles. The number of hydrogen-bond donors (Lipinski definition) is 1. The number of carbonyl (C=O) groups excluding carboxylic acids is 3. The Morgan fingerprint density at radius 3 is 2.25 bits per heavy atom. The topological polar surface area (TPSA) is 81.7 Å². The third kappa shape index (κ3) is 5.34. The normalized spacial score (nSPS) is 10.2. The summed E-state index contributed by atoms with van der Waals surface area (Å²) in [5, 5.41) is 2.47. The standard InChI is InChI=1S/C14H15NO5/c1-9(16)15-7-6-12-8-13(19-10(2)17)4-5-14(12)20-11(3)18/h4-8H,1-3H3,(H,15,16). The second-order valence-electron chi connectivity index (χ2n) is 3.92. The first-order chi connectivity index (χ1) is 9.38. The number of hydrogen-bond acceptors (Lipinski definition) is 5. The van der Waals surface area contributed by atoms with Crippen LogP contribution in [0.1, 0.15) is 26.3 Å². The van der Waals surface area contributed by atoms with Crippen LogP contribution in [0, 0.1) is 0 Å². The van der Waals surface area contributed by atoms with Gasteiger partial charge in [0.05, 0.1) is 0 Å². The fourth-order valence-corrected chi connectivity index (χ4v) is 1.38. The first-order valence-electron chi connectivity index (χ1n) is 5.83. The van der Waals surface area contributed by atoms with Crippen molar-refractivity contribution in [2.45, 2.75) is 20.8 Å². The summed E-state index contributed by atoms with van der Waals surface area (Å²) in [6, 6.07) is 4.54. The molecular formula is C14H15NO5. The highest BCUT2D eigenvalue weighted by molar-refractivity contribution is 5.76. The number of amides is 1. The number of esters is 2. The van der Waals surface area contributed by atoms with E-state index in [9.17, 15) is 14.4 Å². The molecule has 0 bridgehead atoms. The molecule has 6 heteroatoms. The van der Waals surface area contributed by atoms with Gasteiger partial charge in [-0.05, 0) is 24.3 Å². The van der Waals surface area contributed by atoms with Crippen LogP contribution < -0.4 is 14.8 Å². The van der Waals surface area contributed by atoms with Crippen LogP contribution in [-0.4, -0.2) is 17.8 Å². The summed E-state index contributed by atoms with van der Waals surface area (Å²) in [6.45, 7) is 3.93. The molecule has 1 rings (SSSR count). The van der Waals surface area contributed by atoms with Crippen LogP contribution in [0.5, 0.6) is 11.5 Å². The average molecular weight is 277 g/mol. The highest BCUT2D eigenvalue weighted by Gasteiger charge is 2.07. The number of benzene rings is 1. The molecule has 0 saturated heterocycles. The second kappa shape index (κ2) is 7.08. The molecule has 106 valence electrons. The maximum absolute atomic E-state index is 11.0. The van der Waals surface area contributed by atoms with Crippen LogP contribution in [0.2, 0.25) is 0 Å². The van der Waals surface area contributed by atoms with Gasteiger partial charge in [0, 0.05) is 32.5 Å². The minimum absolute atomic E-state index is 0.230. The molecule has 0 aliphatic rings. The zero-order chi connectivity index (χ0) is 15.1. The molecular weight excluding hydrogens is 262 g/mol. The van der Waals surface area contributed by atoms with Crippen LogP contribution in [0.25, 0.3) is 6.08 Å². The molecule has 0 aliphatic carbocycles. The quantitative estimate of drug-likeness (QED) is 0.668. The highest BCUT2D eigenvalue weighted by atomic mass is 16.5. The predicted octanol–water partition coefficient (Wildman–Crippen LogP) is 1.64. The van der Waals surface area contributed by atoms with Gasteiger partial charge >= 0.3 is 11.9 Å². The molecule has 1 amide bonds. The zero-order valence-electron chi connectivity index (χ0n) is 11.4. The molecule has 6 nitrogen and oxygen atoms in total. The minimum Gasteiger partial charge on any atom is -0.427 e. The monoisotopic (exact) mass is 277 g/mol. The Morgan fingerprint density at radius 1 is 1.05 bits per heavy atom. The molecule has 1 aromatic carbocycles.